The number of alkyl halides is 3. The van der Waals surface area contributed by atoms with Crippen LogP contribution in [0.4, 0.5) is 19.0 Å². The normalized spacial score (nSPS) is 18.1. The number of rotatable bonds is 2. The number of fused-ring (bicyclic) bond motifs is 2. The molecule has 0 unspecified atom stereocenters. The van der Waals surface area contributed by atoms with Crippen LogP contribution in [-0.2, 0) is 23.9 Å². The topological polar surface area (TPSA) is 66.6 Å². The highest BCUT2D eigenvalue weighted by Crippen LogP contribution is 2.30. The molecule has 5 rings (SSSR count). The Balaban J connectivity index is 1.26. The molecule has 11 heteroatoms. The molecule has 3 aromatic rings. The molecule has 0 aliphatic carbocycles. The highest BCUT2D eigenvalue weighted by Gasteiger charge is 2.38. The summed E-state index contributed by atoms with van der Waals surface area (Å²) in [7, 11) is 0. The number of carbonyl (C=O) groups excluding carboxylic acids is 1. The quantitative estimate of drug-likeness (QED) is 0.618. The van der Waals surface area contributed by atoms with Crippen LogP contribution in [0.1, 0.15) is 29.1 Å². The highest BCUT2D eigenvalue weighted by atomic mass is 32.1. The van der Waals surface area contributed by atoms with E-state index in [0.29, 0.717) is 38.3 Å². The lowest BCUT2D eigenvalue weighted by atomic mass is 9.94. The van der Waals surface area contributed by atoms with Gasteiger partial charge < -0.3 is 9.80 Å². The first-order valence-corrected chi connectivity index (χ1v) is 10.7. The van der Waals surface area contributed by atoms with Gasteiger partial charge in [0.2, 0.25) is 5.91 Å². The summed E-state index contributed by atoms with van der Waals surface area (Å²) in [5, 5.41) is 12.9. The number of hydrogen-bond donors (Lipinski definition) is 0. The van der Waals surface area contributed by atoms with Gasteiger partial charge in [-0.15, -0.1) is 26.6 Å². The fraction of sp³-hybridized carbons (Fsp3) is 0.474. The number of hydrogen-bond acceptors (Lipinski definition) is 6. The average molecular weight is 436 g/mol. The van der Waals surface area contributed by atoms with Gasteiger partial charge in [0.05, 0.1) is 0 Å². The van der Waals surface area contributed by atoms with Crippen molar-refractivity contribution in [1.29, 1.82) is 0 Å². The molecule has 0 N–H and O–H groups in total. The molecule has 0 aromatic carbocycles. The van der Waals surface area contributed by atoms with Crippen LogP contribution in [0.3, 0.4) is 0 Å². The average Bonchev–Trinajstić information content (AvgIpc) is 3.38. The van der Waals surface area contributed by atoms with Crippen molar-refractivity contribution in [1.82, 2.24) is 24.7 Å². The van der Waals surface area contributed by atoms with Crippen LogP contribution in [0.5, 0.6) is 0 Å². The maximum Gasteiger partial charge on any atom is 0.453 e. The summed E-state index contributed by atoms with van der Waals surface area (Å²) >= 11 is 1.74. The molecule has 1 saturated heterocycles. The Kier molecular flexibility index (Phi) is 4.64. The molecule has 5 heterocycles. The Labute approximate surface area is 174 Å². The number of thiophene rings is 1. The molecule has 0 spiro atoms. The van der Waals surface area contributed by atoms with Gasteiger partial charge in [-0.25, -0.2) is 0 Å². The summed E-state index contributed by atoms with van der Waals surface area (Å²) in [6, 6.07) is 5.22. The number of piperidine rings is 1. The molecule has 30 heavy (non-hydrogen) atoms. The molecule has 0 radical (unpaired) electrons. The van der Waals surface area contributed by atoms with Crippen molar-refractivity contribution in [2.75, 3.05) is 24.5 Å². The van der Waals surface area contributed by atoms with Gasteiger partial charge in [-0.05, 0) is 48.4 Å². The Hall–Kier alpha value is -2.69. The van der Waals surface area contributed by atoms with Gasteiger partial charge in [-0.3, -0.25) is 4.79 Å². The van der Waals surface area contributed by atoms with E-state index in [9.17, 15) is 18.0 Å². The van der Waals surface area contributed by atoms with Crippen LogP contribution in [0.2, 0.25) is 0 Å². The summed E-state index contributed by atoms with van der Waals surface area (Å²) < 4.78 is 40.0. The van der Waals surface area contributed by atoms with Crippen molar-refractivity contribution >= 4 is 28.7 Å². The summed E-state index contributed by atoms with van der Waals surface area (Å²) in [5.74, 6) is -0.596. The summed E-state index contributed by atoms with van der Waals surface area (Å²) in [6.45, 7) is 2.55. The van der Waals surface area contributed by atoms with Crippen molar-refractivity contribution < 1.29 is 18.0 Å². The zero-order chi connectivity index (χ0) is 20.9. The molecule has 158 valence electrons. The van der Waals surface area contributed by atoms with Gasteiger partial charge >= 0.3 is 6.18 Å². The van der Waals surface area contributed by atoms with Crippen molar-refractivity contribution in [2.45, 2.75) is 32.0 Å². The van der Waals surface area contributed by atoms with E-state index in [0.717, 1.165) is 17.5 Å². The second-order valence-electron chi connectivity index (χ2n) is 7.62. The Morgan fingerprint density at radius 1 is 1.10 bits per heavy atom. The van der Waals surface area contributed by atoms with Gasteiger partial charge in [0.15, 0.2) is 5.65 Å². The van der Waals surface area contributed by atoms with Crippen LogP contribution in [0.15, 0.2) is 23.6 Å². The second-order valence-corrected chi connectivity index (χ2v) is 8.62. The van der Waals surface area contributed by atoms with E-state index in [4.69, 9.17) is 0 Å². The van der Waals surface area contributed by atoms with E-state index in [2.05, 4.69) is 26.7 Å². The van der Waals surface area contributed by atoms with Crippen LogP contribution in [0.25, 0.3) is 5.65 Å². The van der Waals surface area contributed by atoms with Crippen molar-refractivity contribution in [3.8, 4) is 0 Å². The molecule has 0 bridgehead atoms. The fourth-order valence-electron chi connectivity index (χ4n) is 4.17. The zero-order valence-corrected chi connectivity index (χ0v) is 16.8. The standard InChI is InChI=1S/C19H19F3N6OS/c20-19(21,22)18-24-23-15-1-2-16(25-28(15)18)26-7-3-12(4-8-26)17(29)27-9-5-14-13(11-27)6-10-30-14/h1-2,6,10,12H,3-5,7-9,11H2. The number of anilines is 1. The summed E-state index contributed by atoms with van der Waals surface area (Å²) in [4.78, 5) is 18.2. The van der Waals surface area contributed by atoms with Gasteiger partial charge in [0.25, 0.3) is 5.82 Å². The monoisotopic (exact) mass is 436 g/mol. The lowest BCUT2D eigenvalue weighted by molar-refractivity contribution is -0.146. The molecule has 2 aliphatic rings. The molecule has 2 aliphatic heterocycles. The van der Waals surface area contributed by atoms with Crippen molar-refractivity contribution in [3.05, 3.63) is 39.8 Å². The minimum Gasteiger partial charge on any atom is -0.355 e. The minimum atomic E-state index is -4.62. The number of aromatic nitrogens is 4. The maximum absolute atomic E-state index is 13.1. The van der Waals surface area contributed by atoms with E-state index in [1.54, 1.807) is 17.4 Å². The minimum absolute atomic E-state index is 0.0500. The van der Waals surface area contributed by atoms with E-state index in [-0.39, 0.29) is 17.5 Å². The van der Waals surface area contributed by atoms with Gasteiger partial charge in [0, 0.05) is 37.0 Å². The zero-order valence-electron chi connectivity index (χ0n) is 16.0. The third kappa shape index (κ3) is 3.40. The van der Waals surface area contributed by atoms with E-state index < -0.39 is 12.0 Å². The third-order valence-corrected chi connectivity index (χ3v) is 6.81. The summed E-state index contributed by atoms with van der Waals surface area (Å²) in [6.07, 6.45) is -2.41. The molecule has 0 atom stereocenters. The third-order valence-electron chi connectivity index (χ3n) is 5.79. The molecule has 1 amide bonds. The summed E-state index contributed by atoms with van der Waals surface area (Å²) in [5.41, 5.74) is 1.29. The second kappa shape index (κ2) is 7.22. The first kappa shape index (κ1) is 19.3. The lowest BCUT2D eigenvalue weighted by Crippen LogP contribution is -2.44. The molecule has 3 aromatic heterocycles. The first-order chi connectivity index (χ1) is 14.4. The highest BCUT2D eigenvalue weighted by molar-refractivity contribution is 7.10. The Morgan fingerprint density at radius 3 is 2.67 bits per heavy atom. The van der Waals surface area contributed by atoms with Crippen molar-refractivity contribution in [3.63, 3.8) is 0 Å². The van der Waals surface area contributed by atoms with Crippen LogP contribution < -0.4 is 4.90 Å². The smallest absolute Gasteiger partial charge is 0.355 e. The van der Waals surface area contributed by atoms with E-state index >= 15 is 0 Å². The maximum atomic E-state index is 13.1. The number of amides is 1. The van der Waals surface area contributed by atoms with Gasteiger partial charge in [0.1, 0.15) is 5.82 Å². The predicted molar refractivity (Wildman–Crippen MR) is 104 cm³/mol. The van der Waals surface area contributed by atoms with E-state index in [1.165, 1.54) is 16.5 Å². The fourth-order valence-corrected chi connectivity index (χ4v) is 5.06. The van der Waals surface area contributed by atoms with Crippen LogP contribution in [-0.4, -0.2) is 50.3 Å². The Morgan fingerprint density at radius 2 is 1.90 bits per heavy atom. The molecule has 7 nitrogen and oxygen atoms in total. The molecule has 1 fully saturated rings. The van der Waals surface area contributed by atoms with Gasteiger partial charge in [-0.2, -0.15) is 17.7 Å². The number of halogens is 3. The van der Waals surface area contributed by atoms with Crippen molar-refractivity contribution in [2.24, 2.45) is 5.92 Å². The molecular formula is C19H19F3N6OS. The van der Waals surface area contributed by atoms with Gasteiger partial charge in [-0.1, -0.05) is 0 Å². The van der Waals surface area contributed by atoms with Crippen LogP contribution >= 0.6 is 11.3 Å². The first-order valence-electron chi connectivity index (χ1n) is 9.79. The SMILES string of the molecule is O=C(C1CCN(c2ccc3nnc(C(F)(F)F)n3n2)CC1)N1CCc2sccc2C1. The number of carbonyl (C=O) groups is 1. The molecule has 0 saturated carbocycles. The molecular weight excluding hydrogens is 417 g/mol. The lowest BCUT2D eigenvalue weighted by Gasteiger charge is -2.36. The predicted octanol–water partition coefficient (Wildman–Crippen LogP) is 3.01. The van der Waals surface area contributed by atoms with Crippen LogP contribution in [0, 0.1) is 5.92 Å². The largest absolute Gasteiger partial charge is 0.453 e. The Bertz CT molecular complexity index is 1090. The van der Waals surface area contributed by atoms with E-state index in [1.807, 2.05) is 9.80 Å². The number of nitrogens with zero attached hydrogens (tertiary/aromatic N) is 6.